The summed E-state index contributed by atoms with van der Waals surface area (Å²) in [7, 11) is 3.04. The fraction of sp³-hybridized carbons (Fsp3) is 0.250. The highest BCUT2D eigenvalue weighted by Crippen LogP contribution is 2.40. The maximum Gasteiger partial charge on any atom is 0.338 e. The number of rotatable bonds is 6. The first-order chi connectivity index (χ1) is 14.1. The number of carbonyl (C=O) groups is 1. The van der Waals surface area contributed by atoms with E-state index in [0.29, 0.717) is 18.6 Å². The number of carbonyl (C=O) groups excluding carboxylic acids is 1. The van der Waals surface area contributed by atoms with Gasteiger partial charge in [-0.05, 0) is 66.1 Å². The van der Waals surface area contributed by atoms with Crippen molar-refractivity contribution in [3.05, 3.63) is 65.2 Å². The van der Waals surface area contributed by atoms with Crippen LogP contribution in [0.3, 0.4) is 0 Å². The number of benzene rings is 2. The molecular formula is C24H23NO4. The van der Waals surface area contributed by atoms with Crippen molar-refractivity contribution in [2.75, 3.05) is 20.8 Å². The Labute approximate surface area is 170 Å². The zero-order valence-corrected chi connectivity index (χ0v) is 16.8. The molecule has 1 aliphatic rings. The topological polar surface area (TPSA) is 57.7 Å². The standard InChI is InChI=1S/C24H23NO4/c1-4-11-29-18-9-10-19-16(12-18)13-20-21(24(26)28-3)14-22(25-23(19)20)15-5-7-17(27-2)8-6-15/h5-10,12,14H,4,11,13H2,1-3H3. The van der Waals surface area contributed by atoms with Crippen LogP contribution in [0.2, 0.25) is 0 Å². The summed E-state index contributed by atoms with van der Waals surface area (Å²) in [6.07, 6.45) is 1.59. The van der Waals surface area contributed by atoms with E-state index in [-0.39, 0.29) is 5.97 Å². The third kappa shape index (κ3) is 3.56. The number of aromatic nitrogens is 1. The highest BCUT2D eigenvalue weighted by molar-refractivity contribution is 5.96. The first kappa shape index (κ1) is 19.0. The summed E-state index contributed by atoms with van der Waals surface area (Å²) in [6.45, 7) is 2.76. The molecule has 0 saturated heterocycles. The second-order valence-electron chi connectivity index (χ2n) is 6.95. The molecule has 0 bridgehead atoms. The first-order valence-electron chi connectivity index (χ1n) is 9.67. The molecule has 0 saturated carbocycles. The number of ether oxygens (including phenoxy) is 3. The summed E-state index contributed by atoms with van der Waals surface area (Å²) in [5.74, 6) is 1.26. The minimum absolute atomic E-state index is 0.353. The largest absolute Gasteiger partial charge is 0.497 e. The Kier molecular flexibility index (Phi) is 5.21. The molecule has 4 rings (SSSR count). The Hall–Kier alpha value is -3.34. The number of pyridine rings is 1. The van der Waals surface area contributed by atoms with Gasteiger partial charge in [-0.2, -0.15) is 0 Å². The molecule has 0 N–H and O–H groups in total. The number of hydrogen-bond donors (Lipinski definition) is 0. The summed E-state index contributed by atoms with van der Waals surface area (Å²) in [5, 5.41) is 0. The van der Waals surface area contributed by atoms with Crippen molar-refractivity contribution < 1.29 is 19.0 Å². The predicted molar refractivity (Wildman–Crippen MR) is 112 cm³/mol. The number of fused-ring (bicyclic) bond motifs is 3. The van der Waals surface area contributed by atoms with Crippen molar-refractivity contribution in [2.45, 2.75) is 19.8 Å². The average Bonchev–Trinajstić information content (AvgIpc) is 3.14. The monoisotopic (exact) mass is 389 g/mol. The van der Waals surface area contributed by atoms with E-state index in [0.717, 1.165) is 51.6 Å². The second-order valence-corrected chi connectivity index (χ2v) is 6.95. The van der Waals surface area contributed by atoms with Crippen LogP contribution in [0.25, 0.3) is 22.5 Å². The maximum atomic E-state index is 12.5. The van der Waals surface area contributed by atoms with Gasteiger partial charge >= 0.3 is 5.97 Å². The van der Waals surface area contributed by atoms with Gasteiger partial charge in [0, 0.05) is 17.5 Å². The van der Waals surface area contributed by atoms with E-state index in [1.165, 1.54) is 7.11 Å². The zero-order chi connectivity index (χ0) is 20.4. The summed E-state index contributed by atoms with van der Waals surface area (Å²) < 4.78 is 16.1. The molecule has 0 unspecified atom stereocenters. The molecule has 0 aliphatic heterocycles. The van der Waals surface area contributed by atoms with E-state index in [9.17, 15) is 4.79 Å². The van der Waals surface area contributed by atoms with Gasteiger partial charge in [0.1, 0.15) is 11.5 Å². The van der Waals surface area contributed by atoms with E-state index >= 15 is 0 Å². The number of nitrogens with zero attached hydrogens (tertiary/aromatic N) is 1. The van der Waals surface area contributed by atoms with Gasteiger partial charge in [-0.15, -0.1) is 0 Å². The quantitative estimate of drug-likeness (QED) is 0.439. The Morgan fingerprint density at radius 2 is 1.79 bits per heavy atom. The van der Waals surface area contributed by atoms with E-state index in [2.05, 4.69) is 6.92 Å². The molecule has 0 amide bonds. The van der Waals surface area contributed by atoms with Crippen LogP contribution in [0.4, 0.5) is 0 Å². The van der Waals surface area contributed by atoms with Crippen LogP contribution < -0.4 is 9.47 Å². The Morgan fingerprint density at radius 1 is 1.03 bits per heavy atom. The average molecular weight is 389 g/mol. The normalized spacial score (nSPS) is 11.6. The van der Waals surface area contributed by atoms with Gasteiger partial charge in [0.05, 0.1) is 37.8 Å². The van der Waals surface area contributed by atoms with Crippen LogP contribution in [0, 0.1) is 0 Å². The van der Waals surface area contributed by atoms with Crippen LogP contribution >= 0.6 is 0 Å². The van der Waals surface area contributed by atoms with E-state index in [1.807, 2.05) is 48.5 Å². The Bertz CT molecular complexity index is 1060. The fourth-order valence-electron chi connectivity index (χ4n) is 3.62. The summed E-state index contributed by atoms with van der Waals surface area (Å²) in [4.78, 5) is 17.4. The van der Waals surface area contributed by atoms with Gasteiger partial charge in [-0.3, -0.25) is 0 Å². The molecular weight excluding hydrogens is 366 g/mol. The highest BCUT2D eigenvalue weighted by atomic mass is 16.5. The van der Waals surface area contributed by atoms with Gasteiger partial charge in [0.25, 0.3) is 0 Å². The van der Waals surface area contributed by atoms with Crippen LogP contribution in [-0.4, -0.2) is 31.8 Å². The molecule has 0 fully saturated rings. The highest BCUT2D eigenvalue weighted by Gasteiger charge is 2.27. The van der Waals surface area contributed by atoms with E-state index in [4.69, 9.17) is 19.2 Å². The third-order valence-corrected chi connectivity index (χ3v) is 5.09. The summed E-state index contributed by atoms with van der Waals surface area (Å²) in [6, 6.07) is 15.5. The van der Waals surface area contributed by atoms with Crippen molar-refractivity contribution in [1.82, 2.24) is 4.98 Å². The van der Waals surface area contributed by atoms with Gasteiger partial charge in [0.15, 0.2) is 0 Å². The van der Waals surface area contributed by atoms with Gasteiger partial charge in [-0.1, -0.05) is 6.92 Å². The molecule has 148 valence electrons. The van der Waals surface area contributed by atoms with Gasteiger partial charge in [0.2, 0.25) is 0 Å². The lowest BCUT2D eigenvalue weighted by molar-refractivity contribution is 0.0599. The van der Waals surface area contributed by atoms with Crippen LogP contribution in [-0.2, 0) is 11.2 Å². The van der Waals surface area contributed by atoms with Crippen molar-refractivity contribution in [3.8, 4) is 34.0 Å². The predicted octanol–water partition coefficient (Wildman–Crippen LogP) is 4.90. The molecule has 2 aromatic carbocycles. The molecule has 0 spiro atoms. The number of hydrogen-bond acceptors (Lipinski definition) is 5. The summed E-state index contributed by atoms with van der Waals surface area (Å²) in [5.41, 5.74) is 6.06. The lowest BCUT2D eigenvalue weighted by Gasteiger charge is -2.11. The Balaban J connectivity index is 1.81. The van der Waals surface area contributed by atoms with Crippen molar-refractivity contribution in [3.63, 3.8) is 0 Å². The minimum atomic E-state index is -0.353. The van der Waals surface area contributed by atoms with E-state index in [1.54, 1.807) is 7.11 Å². The number of methoxy groups -OCH3 is 2. The molecule has 5 nitrogen and oxygen atoms in total. The SMILES string of the molecule is CCCOc1ccc2c(c1)Cc1c(C(=O)OC)cc(-c3ccc(OC)cc3)nc1-2. The lowest BCUT2D eigenvalue weighted by Crippen LogP contribution is -2.07. The molecule has 1 aromatic heterocycles. The zero-order valence-electron chi connectivity index (χ0n) is 16.8. The maximum absolute atomic E-state index is 12.5. The molecule has 1 heterocycles. The molecule has 0 radical (unpaired) electrons. The minimum Gasteiger partial charge on any atom is -0.497 e. The third-order valence-electron chi connectivity index (χ3n) is 5.09. The lowest BCUT2D eigenvalue weighted by atomic mass is 10.0. The van der Waals surface area contributed by atoms with Crippen molar-refractivity contribution >= 4 is 5.97 Å². The van der Waals surface area contributed by atoms with Crippen molar-refractivity contribution in [2.24, 2.45) is 0 Å². The number of esters is 1. The van der Waals surface area contributed by atoms with Crippen LogP contribution in [0.5, 0.6) is 11.5 Å². The van der Waals surface area contributed by atoms with Crippen LogP contribution in [0.1, 0.15) is 34.8 Å². The molecule has 29 heavy (non-hydrogen) atoms. The second kappa shape index (κ2) is 7.95. The van der Waals surface area contributed by atoms with Gasteiger partial charge < -0.3 is 14.2 Å². The van der Waals surface area contributed by atoms with Gasteiger partial charge in [-0.25, -0.2) is 9.78 Å². The van der Waals surface area contributed by atoms with Crippen LogP contribution in [0.15, 0.2) is 48.5 Å². The fourth-order valence-corrected chi connectivity index (χ4v) is 3.62. The van der Waals surface area contributed by atoms with E-state index < -0.39 is 0 Å². The smallest absolute Gasteiger partial charge is 0.338 e. The molecule has 0 atom stereocenters. The molecule has 5 heteroatoms. The van der Waals surface area contributed by atoms with Crippen molar-refractivity contribution in [1.29, 1.82) is 0 Å². The Morgan fingerprint density at radius 3 is 2.48 bits per heavy atom. The first-order valence-corrected chi connectivity index (χ1v) is 9.67. The molecule has 1 aliphatic carbocycles. The molecule has 3 aromatic rings. The summed E-state index contributed by atoms with van der Waals surface area (Å²) >= 11 is 0.